The molecule has 1 aliphatic heterocycles. The molecule has 1 N–H and O–H groups in total. The van der Waals surface area contributed by atoms with Crippen molar-refractivity contribution < 1.29 is 14.3 Å². The summed E-state index contributed by atoms with van der Waals surface area (Å²) in [6.45, 7) is 3.87. The highest BCUT2D eigenvalue weighted by Gasteiger charge is 2.18. The van der Waals surface area contributed by atoms with Gasteiger partial charge in [-0.15, -0.1) is 12.4 Å². The second-order valence-corrected chi connectivity index (χ2v) is 8.22. The van der Waals surface area contributed by atoms with Gasteiger partial charge in [0, 0.05) is 43.5 Å². The van der Waals surface area contributed by atoms with Crippen molar-refractivity contribution in [3.8, 4) is 5.75 Å². The van der Waals surface area contributed by atoms with Gasteiger partial charge in [0.15, 0.2) is 0 Å². The molecule has 0 saturated carbocycles. The first-order valence-electron chi connectivity index (χ1n) is 11.0. The van der Waals surface area contributed by atoms with Gasteiger partial charge in [0.05, 0.1) is 13.2 Å². The second-order valence-electron chi connectivity index (χ2n) is 8.22. The Morgan fingerprint density at radius 1 is 1.24 bits per heavy atom. The number of carbonyl (C=O) groups is 2. The molecule has 3 aromatic rings. The van der Waals surface area contributed by atoms with Crippen molar-refractivity contribution >= 4 is 46.9 Å². The Morgan fingerprint density at radius 3 is 2.82 bits per heavy atom. The van der Waals surface area contributed by atoms with Crippen LogP contribution in [0.4, 0.5) is 5.82 Å². The summed E-state index contributed by atoms with van der Waals surface area (Å²) < 4.78 is 5.84. The molecule has 0 bridgehead atoms. The Hall–Kier alpha value is -3.42. The second kappa shape index (κ2) is 11.1. The fourth-order valence-electron chi connectivity index (χ4n) is 4.00. The van der Waals surface area contributed by atoms with E-state index in [9.17, 15) is 9.59 Å². The Balaban J connectivity index is 0.00000324. The third-order valence-electron chi connectivity index (χ3n) is 5.59. The summed E-state index contributed by atoms with van der Waals surface area (Å²) in [5.74, 6) is 1.17. The lowest BCUT2D eigenvalue weighted by atomic mass is 10.0. The summed E-state index contributed by atoms with van der Waals surface area (Å²) in [7, 11) is 3.67. The summed E-state index contributed by atoms with van der Waals surface area (Å²) in [5.41, 5.74) is 2.72. The fraction of sp³-hybridized carbons (Fsp3) is 0.269. The third kappa shape index (κ3) is 5.73. The molecular weight excluding hydrogens is 452 g/mol. The highest BCUT2D eigenvalue weighted by atomic mass is 35.5. The van der Waals surface area contributed by atoms with E-state index in [0.29, 0.717) is 32.1 Å². The molecule has 2 aromatic carbocycles. The number of rotatable bonds is 6. The van der Waals surface area contributed by atoms with Crippen molar-refractivity contribution in [3.63, 3.8) is 0 Å². The fourth-order valence-corrected chi connectivity index (χ4v) is 4.00. The van der Waals surface area contributed by atoms with Crippen LogP contribution in [0.1, 0.15) is 23.6 Å². The van der Waals surface area contributed by atoms with Crippen LogP contribution >= 0.6 is 12.4 Å². The number of halogens is 1. The van der Waals surface area contributed by atoms with Crippen LogP contribution in [0.15, 0.2) is 54.7 Å². The molecule has 4 rings (SSSR count). The smallest absolute Gasteiger partial charge is 0.246 e. The Kier molecular flexibility index (Phi) is 8.26. The van der Waals surface area contributed by atoms with Crippen molar-refractivity contribution in [2.75, 3.05) is 32.6 Å². The van der Waals surface area contributed by atoms with E-state index in [-0.39, 0.29) is 24.2 Å². The lowest BCUT2D eigenvalue weighted by molar-refractivity contribution is -0.125. The molecule has 2 amide bonds. The number of carbonyl (C=O) groups excluding carboxylic acids is 2. The first kappa shape index (κ1) is 25.2. The van der Waals surface area contributed by atoms with Gasteiger partial charge in [0.1, 0.15) is 11.6 Å². The molecule has 2 heterocycles. The number of aromatic nitrogens is 1. The summed E-state index contributed by atoms with van der Waals surface area (Å²) >= 11 is 0. The topological polar surface area (TPSA) is 74.8 Å². The summed E-state index contributed by atoms with van der Waals surface area (Å²) in [6.07, 6.45) is 4.96. The molecule has 1 aliphatic rings. The number of amides is 2. The maximum atomic E-state index is 12.9. The van der Waals surface area contributed by atoms with Crippen LogP contribution in [0.2, 0.25) is 0 Å². The van der Waals surface area contributed by atoms with Crippen molar-refractivity contribution in [1.82, 2.24) is 14.8 Å². The Morgan fingerprint density at radius 2 is 2.03 bits per heavy atom. The largest absolute Gasteiger partial charge is 0.494 e. The maximum Gasteiger partial charge on any atom is 0.246 e. The quantitative estimate of drug-likeness (QED) is 0.537. The van der Waals surface area contributed by atoms with Crippen molar-refractivity contribution in [2.24, 2.45) is 0 Å². The Labute approximate surface area is 205 Å². The van der Waals surface area contributed by atoms with Gasteiger partial charge in [-0.2, -0.15) is 0 Å². The SMILES string of the molecule is CCOc1ccc2ccccc2c1CN(C)C(=O)/C=C/c1cnc2c(c1)CN(C)CC(=O)N2.Cl. The lowest BCUT2D eigenvalue weighted by Gasteiger charge is -2.19. The van der Waals surface area contributed by atoms with Gasteiger partial charge in [0.2, 0.25) is 11.8 Å². The summed E-state index contributed by atoms with van der Waals surface area (Å²) in [6, 6.07) is 14.1. The van der Waals surface area contributed by atoms with Crippen LogP contribution in [0.25, 0.3) is 16.8 Å². The zero-order valence-corrected chi connectivity index (χ0v) is 20.4. The van der Waals surface area contributed by atoms with E-state index in [4.69, 9.17) is 4.74 Å². The van der Waals surface area contributed by atoms with Crippen LogP contribution in [0.3, 0.4) is 0 Å². The van der Waals surface area contributed by atoms with E-state index < -0.39 is 0 Å². The van der Waals surface area contributed by atoms with Gasteiger partial charge in [-0.3, -0.25) is 14.5 Å². The molecule has 0 radical (unpaired) electrons. The summed E-state index contributed by atoms with van der Waals surface area (Å²) in [5, 5.41) is 5.01. The number of ether oxygens (including phenoxy) is 1. The first-order valence-corrected chi connectivity index (χ1v) is 11.0. The van der Waals surface area contributed by atoms with E-state index in [1.807, 2.05) is 49.2 Å². The monoisotopic (exact) mass is 480 g/mol. The molecule has 0 fully saturated rings. The van der Waals surface area contributed by atoms with Crippen molar-refractivity contribution in [3.05, 3.63) is 71.4 Å². The number of benzene rings is 2. The third-order valence-corrected chi connectivity index (χ3v) is 5.59. The van der Waals surface area contributed by atoms with Crippen LogP contribution in [-0.4, -0.2) is 53.8 Å². The number of anilines is 1. The van der Waals surface area contributed by atoms with Crippen molar-refractivity contribution in [2.45, 2.75) is 20.0 Å². The van der Waals surface area contributed by atoms with E-state index in [2.05, 4.69) is 22.4 Å². The number of hydrogen-bond donors (Lipinski definition) is 1. The highest BCUT2D eigenvalue weighted by Crippen LogP contribution is 2.29. The van der Waals surface area contributed by atoms with Crippen LogP contribution in [0.5, 0.6) is 5.75 Å². The van der Waals surface area contributed by atoms with E-state index in [0.717, 1.165) is 33.2 Å². The zero-order valence-electron chi connectivity index (χ0n) is 19.6. The molecule has 1 aromatic heterocycles. The average Bonchev–Trinajstić information content (AvgIpc) is 2.94. The maximum absolute atomic E-state index is 12.9. The molecular formula is C26H29ClN4O3. The van der Waals surface area contributed by atoms with E-state index >= 15 is 0 Å². The normalized spacial score (nSPS) is 13.7. The predicted molar refractivity (Wildman–Crippen MR) is 137 cm³/mol. The average molecular weight is 481 g/mol. The van der Waals surface area contributed by atoms with Gasteiger partial charge in [-0.25, -0.2) is 4.98 Å². The number of hydrogen-bond acceptors (Lipinski definition) is 5. The number of pyridine rings is 1. The van der Waals surface area contributed by atoms with Gasteiger partial charge < -0.3 is 15.0 Å². The minimum absolute atomic E-state index is 0. The molecule has 178 valence electrons. The molecule has 7 nitrogen and oxygen atoms in total. The van der Waals surface area contributed by atoms with E-state index in [1.54, 1.807) is 30.3 Å². The van der Waals surface area contributed by atoms with Crippen molar-refractivity contribution in [1.29, 1.82) is 0 Å². The standard InChI is InChI=1S/C26H28N4O3.ClH/c1-4-33-23-11-10-19-7-5-6-8-21(19)22(23)16-30(3)25(32)12-9-18-13-20-15-29(2)17-24(31)28-26(20)27-14-18;/h5-14H,4,15-17H2,1-3H3,(H,27,28,31);1H/b12-9+;. The number of nitrogens with one attached hydrogen (secondary N) is 1. The molecule has 0 unspecified atom stereocenters. The number of nitrogens with zero attached hydrogens (tertiary/aromatic N) is 3. The lowest BCUT2D eigenvalue weighted by Crippen LogP contribution is -2.26. The molecule has 0 spiro atoms. The van der Waals surface area contributed by atoms with Crippen LogP contribution in [-0.2, 0) is 22.7 Å². The van der Waals surface area contributed by atoms with Gasteiger partial charge in [-0.1, -0.05) is 30.3 Å². The Bertz CT molecular complexity index is 1230. The molecule has 0 aliphatic carbocycles. The van der Waals surface area contributed by atoms with Gasteiger partial charge in [0.25, 0.3) is 0 Å². The molecule has 34 heavy (non-hydrogen) atoms. The minimum Gasteiger partial charge on any atom is -0.494 e. The highest BCUT2D eigenvalue weighted by molar-refractivity contribution is 5.94. The molecule has 0 atom stereocenters. The zero-order chi connectivity index (χ0) is 23.4. The summed E-state index contributed by atoms with van der Waals surface area (Å²) in [4.78, 5) is 32.7. The van der Waals surface area contributed by atoms with Gasteiger partial charge >= 0.3 is 0 Å². The number of fused-ring (bicyclic) bond motifs is 2. The van der Waals surface area contributed by atoms with Crippen LogP contribution < -0.4 is 10.1 Å². The molecule has 0 saturated heterocycles. The molecule has 8 heteroatoms. The number of likely N-dealkylation sites (N-methyl/N-ethyl adjacent to an activating group) is 2. The first-order chi connectivity index (χ1) is 15.9. The van der Waals surface area contributed by atoms with E-state index in [1.165, 1.54) is 0 Å². The van der Waals surface area contributed by atoms with Crippen LogP contribution in [0, 0.1) is 0 Å². The van der Waals surface area contributed by atoms with Gasteiger partial charge in [-0.05, 0) is 48.5 Å². The predicted octanol–water partition coefficient (Wildman–Crippen LogP) is 4.11. The minimum atomic E-state index is -0.120.